The zero-order valence-electron chi connectivity index (χ0n) is 10.1. The lowest BCUT2D eigenvalue weighted by Gasteiger charge is -2.00. The zero-order valence-corrected chi connectivity index (χ0v) is 11.7. The molecule has 3 aromatic heterocycles. The van der Waals surface area contributed by atoms with E-state index in [0.717, 1.165) is 21.2 Å². The van der Waals surface area contributed by atoms with Crippen molar-refractivity contribution in [3.8, 4) is 16.6 Å². The van der Waals surface area contributed by atoms with Crippen LogP contribution in [0.25, 0.3) is 15.5 Å². The molecule has 0 atom stereocenters. The highest BCUT2D eigenvalue weighted by atomic mass is 32.1. The summed E-state index contributed by atoms with van der Waals surface area (Å²) in [5, 5.41) is 11.1. The first-order chi connectivity index (χ1) is 8.72. The van der Waals surface area contributed by atoms with E-state index >= 15 is 0 Å². The van der Waals surface area contributed by atoms with Gasteiger partial charge in [0.1, 0.15) is 5.69 Å². The van der Waals surface area contributed by atoms with Gasteiger partial charge in [0.25, 0.3) is 0 Å². The number of rotatable bonds is 2. The molecule has 18 heavy (non-hydrogen) atoms. The van der Waals surface area contributed by atoms with Gasteiger partial charge in [-0.3, -0.25) is 4.40 Å². The molecule has 0 fully saturated rings. The first-order valence-corrected chi connectivity index (χ1v) is 7.30. The number of thiazole rings is 1. The highest BCUT2D eigenvalue weighted by Crippen LogP contribution is 2.32. The van der Waals surface area contributed by atoms with Gasteiger partial charge in [0.15, 0.2) is 4.96 Å². The molecular weight excluding hydrogens is 262 g/mol. The van der Waals surface area contributed by atoms with E-state index in [0.29, 0.717) is 6.42 Å². The predicted octanol–water partition coefficient (Wildman–Crippen LogP) is 3.81. The smallest absolute Gasteiger partial charge is 0.194 e. The minimum atomic E-state index is 0.394. The molecule has 0 saturated carbocycles. The number of thiophene rings is 1. The minimum Gasteiger partial charge on any atom is -0.290 e. The van der Waals surface area contributed by atoms with E-state index < -0.39 is 0 Å². The molecule has 90 valence electrons. The van der Waals surface area contributed by atoms with Gasteiger partial charge in [-0.2, -0.15) is 5.26 Å². The van der Waals surface area contributed by atoms with Crippen LogP contribution in [0.2, 0.25) is 0 Å². The second-order valence-corrected chi connectivity index (χ2v) is 6.21. The Kier molecular flexibility index (Phi) is 2.69. The summed E-state index contributed by atoms with van der Waals surface area (Å²) in [4.78, 5) is 8.07. The fourth-order valence-corrected chi connectivity index (χ4v) is 3.79. The van der Waals surface area contributed by atoms with Crippen molar-refractivity contribution >= 4 is 27.6 Å². The van der Waals surface area contributed by atoms with Gasteiger partial charge in [-0.25, -0.2) is 4.98 Å². The van der Waals surface area contributed by atoms with Crippen molar-refractivity contribution in [1.29, 1.82) is 5.26 Å². The van der Waals surface area contributed by atoms with E-state index in [-0.39, 0.29) is 0 Å². The van der Waals surface area contributed by atoms with Crippen LogP contribution >= 0.6 is 22.7 Å². The van der Waals surface area contributed by atoms with E-state index in [4.69, 9.17) is 10.2 Å². The second-order valence-electron chi connectivity index (χ2n) is 4.08. The Morgan fingerprint density at radius 1 is 1.44 bits per heavy atom. The van der Waals surface area contributed by atoms with Crippen LogP contribution in [0.1, 0.15) is 16.3 Å². The Balaban J connectivity index is 2.33. The predicted molar refractivity (Wildman–Crippen MR) is 75.2 cm³/mol. The maximum Gasteiger partial charge on any atom is 0.194 e. The van der Waals surface area contributed by atoms with Crippen LogP contribution in [0.3, 0.4) is 0 Å². The van der Waals surface area contributed by atoms with Crippen LogP contribution in [0.15, 0.2) is 17.5 Å². The molecule has 0 saturated heterocycles. The quantitative estimate of drug-likeness (QED) is 0.712. The lowest BCUT2D eigenvalue weighted by molar-refractivity contribution is 1.02. The molecule has 0 radical (unpaired) electrons. The minimum absolute atomic E-state index is 0.394. The van der Waals surface area contributed by atoms with E-state index in [9.17, 15) is 0 Å². The van der Waals surface area contributed by atoms with Crippen LogP contribution in [-0.4, -0.2) is 9.38 Å². The van der Waals surface area contributed by atoms with Crippen molar-refractivity contribution in [2.75, 3.05) is 0 Å². The summed E-state index contributed by atoms with van der Waals surface area (Å²) in [6.45, 7) is 4.18. The number of nitrogens with zero attached hydrogens (tertiary/aromatic N) is 3. The standard InChI is InChI=1S/C13H11N3S2/c1-8-9(2)18-13-15-12(11-4-3-7-17-11)10(5-6-14)16(8)13/h3-4,7H,5H2,1-2H3. The van der Waals surface area contributed by atoms with Crippen molar-refractivity contribution in [2.45, 2.75) is 20.3 Å². The molecule has 0 spiro atoms. The van der Waals surface area contributed by atoms with Crippen LogP contribution < -0.4 is 0 Å². The molecule has 0 aliphatic heterocycles. The summed E-state index contributed by atoms with van der Waals surface area (Å²) in [6.07, 6.45) is 0.394. The van der Waals surface area contributed by atoms with Gasteiger partial charge in [0, 0.05) is 10.6 Å². The molecular formula is C13H11N3S2. The van der Waals surface area contributed by atoms with Crippen molar-refractivity contribution in [2.24, 2.45) is 0 Å². The molecule has 0 aliphatic rings. The van der Waals surface area contributed by atoms with Gasteiger partial charge < -0.3 is 0 Å². The van der Waals surface area contributed by atoms with E-state index in [1.165, 1.54) is 10.6 Å². The first-order valence-electron chi connectivity index (χ1n) is 5.60. The average molecular weight is 273 g/mol. The van der Waals surface area contributed by atoms with Gasteiger partial charge in [-0.1, -0.05) is 6.07 Å². The molecule has 3 rings (SSSR count). The number of aryl methyl sites for hydroxylation is 2. The maximum absolute atomic E-state index is 9.03. The van der Waals surface area contributed by atoms with Crippen LogP contribution in [0.5, 0.6) is 0 Å². The number of imidazole rings is 1. The zero-order chi connectivity index (χ0) is 12.7. The fourth-order valence-electron chi connectivity index (χ4n) is 2.06. The topological polar surface area (TPSA) is 41.1 Å². The molecule has 0 amide bonds. The van der Waals surface area contributed by atoms with E-state index in [1.54, 1.807) is 22.7 Å². The second kappa shape index (κ2) is 4.23. The van der Waals surface area contributed by atoms with Gasteiger partial charge in [-0.15, -0.1) is 22.7 Å². The molecule has 0 N–H and O–H groups in total. The molecule has 3 aromatic rings. The van der Waals surface area contributed by atoms with Gasteiger partial charge in [-0.05, 0) is 25.3 Å². The molecule has 5 heteroatoms. The third-order valence-electron chi connectivity index (χ3n) is 3.03. The van der Waals surface area contributed by atoms with Crippen LogP contribution in [-0.2, 0) is 6.42 Å². The normalized spacial score (nSPS) is 10.9. The summed E-state index contributed by atoms with van der Waals surface area (Å²) in [5.74, 6) is 0. The molecule has 0 unspecified atom stereocenters. The number of hydrogen-bond acceptors (Lipinski definition) is 4. The Morgan fingerprint density at radius 3 is 2.94 bits per heavy atom. The molecule has 0 bridgehead atoms. The fraction of sp³-hybridized carbons (Fsp3) is 0.231. The van der Waals surface area contributed by atoms with E-state index in [2.05, 4.69) is 30.4 Å². The van der Waals surface area contributed by atoms with Crippen LogP contribution in [0, 0.1) is 25.2 Å². The number of nitriles is 1. The SMILES string of the molecule is Cc1sc2nc(-c3cccs3)c(CC#N)n2c1C. The highest BCUT2D eigenvalue weighted by molar-refractivity contribution is 7.17. The Bertz CT molecular complexity index is 741. The number of hydrogen-bond donors (Lipinski definition) is 0. The Morgan fingerprint density at radius 2 is 2.28 bits per heavy atom. The lowest BCUT2D eigenvalue weighted by Crippen LogP contribution is -1.94. The summed E-state index contributed by atoms with van der Waals surface area (Å²) in [6, 6.07) is 6.32. The van der Waals surface area contributed by atoms with E-state index in [1.807, 2.05) is 11.4 Å². The summed E-state index contributed by atoms with van der Waals surface area (Å²) in [5.41, 5.74) is 3.16. The summed E-state index contributed by atoms with van der Waals surface area (Å²) < 4.78 is 2.12. The van der Waals surface area contributed by atoms with Crippen LogP contribution in [0.4, 0.5) is 0 Å². The Labute approximate surface area is 113 Å². The molecule has 3 heterocycles. The number of fused-ring (bicyclic) bond motifs is 1. The van der Waals surface area contributed by atoms with Crippen molar-refractivity contribution in [1.82, 2.24) is 9.38 Å². The largest absolute Gasteiger partial charge is 0.290 e. The third kappa shape index (κ3) is 1.57. The maximum atomic E-state index is 9.03. The van der Waals surface area contributed by atoms with Crippen molar-refractivity contribution in [3.63, 3.8) is 0 Å². The first kappa shape index (κ1) is 11.5. The molecule has 3 nitrogen and oxygen atoms in total. The Hall–Kier alpha value is -1.64. The molecule has 0 aromatic carbocycles. The van der Waals surface area contributed by atoms with Gasteiger partial charge in [0.05, 0.1) is 23.1 Å². The monoisotopic (exact) mass is 273 g/mol. The molecule has 0 aliphatic carbocycles. The number of aromatic nitrogens is 2. The summed E-state index contributed by atoms with van der Waals surface area (Å²) in [7, 11) is 0. The van der Waals surface area contributed by atoms with Crippen molar-refractivity contribution < 1.29 is 0 Å². The lowest BCUT2D eigenvalue weighted by atomic mass is 10.2. The van der Waals surface area contributed by atoms with Gasteiger partial charge >= 0.3 is 0 Å². The average Bonchev–Trinajstić information content (AvgIpc) is 3.01. The van der Waals surface area contributed by atoms with Crippen molar-refractivity contribution in [3.05, 3.63) is 33.8 Å². The summed E-state index contributed by atoms with van der Waals surface area (Å²) >= 11 is 3.35. The third-order valence-corrected chi connectivity index (χ3v) is 4.97. The van der Waals surface area contributed by atoms with Gasteiger partial charge in [0.2, 0.25) is 0 Å². The highest BCUT2D eigenvalue weighted by Gasteiger charge is 2.18.